The van der Waals surface area contributed by atoms with Gasteiger partial charge in [0, 0.05) is 36.0 Å². The first-order chi connectivity index (χ1) is 13.9. The van der Waals surface area contributed by atoms with Crippen LogP contribution in [0, 0.1) is 0 Å². The number of carbonyl (C=O) groups is 1. The highest BCUT2D eigenvalue weighted by atomic mass is 32.2. The summed E-state index contributed by atoms with van der Waals surface area (Å²) in [6.07, 6.45) is 8.45. The van der Waals surface area contributed by atoms with Crippen molar-refractivity contribution in [2.24, 2.45) is 0 Å². The van der Waals surface area contributed by atoms with Gasteiger partial charge in [-0.05, 0) is 48.7 Å². The van der Waals surface area contributed by atoms with Crippen molar-refractivity contribution in [1.82, 2.24) is 13.9 Å². The number of thiophene rings is 1. The van der Waals surface area contributed by atoms with Gasteiger partial charge in [0.15, 0.2) is 0 Å². The quantitative estimate of drug-likeness (QED) is 0.607. The highest BCUT2D eigenvalue weighted by Crippen LogP contribution is 2.32. The first-order valence-corrected chi connectivity index (χ1v) is 11.3. The van der Waals surface area contributed by atoms with E-state index in [0.717, 1.165) is 29.9 Å². The number of benzene rings is 1. The Hall–Kier alpha value is -2.75. The molecule has 0 saturated carbocycles. The monoisotopic (exact) mass is 429 g/mol. The molecule has 9 heteroatoms. The van der Waals surface area contributed by atoms with Crippen LogP contribution in [-0.2, 0) is 14.8 Å². The van der Waals surface area contributed by atoms with Crippen LogP contribution < -0.4 is 0 Å². The Morgan fingerprint density at radius 3 is 2.45 bits per heavy atom. The van der Waals surface area contributed by atoms with Gasteiger partial charge in [-0.15, -0.1) is 11.3 Å². The number of carboxylic acids is 1. The fraction of sp³-hybridized carbons (Fsp3) is 0.200. The first-order valence-electron chi connectivity index (χ1n) is 9.09. The molecule has 1 saturated heterocycles. The largest absolute Gasteiger partial charge is 0.478 e. The molecule has 0 aliphatic carbocycles. The SMILES string of the molecule is O=C(O)/C(=C/c1ccc(-n2ccnc2)cc1)c1ccc(S(=O)(=O)N2CCCC2)s1. The second-order valence-corrected chi connectivity index (χ2v) is 9.90. The van der Waals surface area contributed by atoms with Crippen molar-refractivity contribution < 1.29 is 18.3 Å². The van der Waals surface area contributed by atoms with Crippen LogP contribution in [0.15, 0.2) is 59.3 Å². The van der Waals surface area contributed by atoms with E-state index in [-0.39, 0.29) is 9.78 Å². The van der Waals surface area contributed by atoms with E-state index in [2.05, 4.69) is 4.98 Å². The van der Waals surface area contributed by atoms with Gasteiger partial charge in [0.1, 0.15) is 4.21 Å². The smallest absolute Gasteiger partial charge is 0.337 e. The summed E-state index contributed by atoms with van der Waals surface area (Å²) < 4.78 is 28.9. The number of nitrogens with zero attached hydrogens (tertiary/aromatic N) is 3. The number of imidazole rings is 1. The summed E-state index contributed by atoms with van der Waals surface area (Å²) in [5.41, 5.74) is 1.68. The highest BCUT2D eigenvalue weighted by molar-refractivity contribution is 7.91. The predicted octanol–water partition coefficient (Wildman–Crippen LogP) is 3.34. The van der Waals surface area contributed by atoms with Crippen molar-refractivity contribution in [2.45, 2.75) is 17.1 Å². The third-order valence-corrected chi connectivity index (χ3v) is 8.23. The molecule has 0 amide bonds. The van der Waals surface area contributed by atoms with Crippen LogP contribution in [0.4, 0.5) is 0 Å². The van der Waals surface area contributed by atoms with Gasteiger partial charge in [-0.3, -0.25) is 0 Å². The van der Waals surface area contributed by atoms with Crippen molar-refractivity contribution in [2.75, 3.05) is 13.1 Å². The predicted molar refractivity (Wildman–Crippen MR) is 111 cm³/mol. The number of rotatable bonds is 6. The van der Waals surface area contributed by atoms with E-state index in [0.29, 0.717) is 23.5 Å². The Balaban J connectivity index is 1.63. The normalized spacial score (nSPS) is 15.7. The lowest BCUT2D eigenvalue weighted by Crippen LogP contribution is -2.27. The van der Waals surface area contributed by atoms with E-state index in [1.54, 1.807) is 24.7 Å². The van der Waals surface area contributed by atoms with E-state index in [1.165, 1.54) is 10.4 Å². The molecule has 0 atom stereocenters. The van der Waals surface area contributed by atoms with Gasteiger partial charge in [-0.25, -0.2) is 18.2 Å². The molecule has 7 nitrogen and oxygen atoms in total. The number of sulfonamides is 1. The molecule has 1 aromatic carbocycles. The molecule has 1 aliphatic rings. The van der Waals surface area contributed by atoms with Crippen LogP contribution in [0.2, 0.25) is 0 Å². The average Bonchev–Trinajstić information content (AvgIpc) is 3.49. The van der Waals surface area contributed by atoms with Crippen LogP contribution in [0.25, 0.3) is 17.3 Å². The zero-order valence-corrected chi connectivity index (χ0v) is 17.1. The summed E-state index contributed by atoms with van der Waals surface area (Å²) in [4.78, 5) is 16.3. The van der Waals surface area contributed by atoms with E-state index in [4.69, 9.17) is 0 Å². The molecule has 3 aromatic rings. The summed E-state index contributed by atoms with van der Waals surface area (Å²) in [5, 5.41) is 9.68. The lowest BCUT2D eigenvalue weighted by atomic mass is 10.1. The Morgan fingerprint density at radius 2 is 1.83 bits per heavy atom. The molecule has 1 fully saturated rings. The minimum absolute atomic E-state index is 0.0632. The van der Waals surface area contributed by atoms with Crippen molar-refractivity contribution in [1.29, 1.82) is 0 Å². The van der Waals surface area contributed by atoms with Gasteiger partial charge in [0.05, 0.1) is 11.9 Å². The lowest BCUT2D eigenvalue weighted by molar-refractivity contribution is -0.130. The Kier molecular flexibility index (Phi) is 5.35. The molecule has 3 heterocycles. The maximum absolute atomic E-state index is 12.7. The van der Waals surface area contributed by atoms with E-state index >= 15 is 0 Å². The van der Waals surface area contributed by atoms with Crippen LogP contribution >= 0.6 is 11.3 Å². The molecular formula is C20H19N3O4S2. The van der Waals surface area contributed by atoms with Gasteiger partial charge >= 0.3 is 5.97 Å². The summed E-state index contributed by atoms with van der Waals surface area (Å²) >= 11 is 0.992. The number of hydrogen-bond acceptors (Lipinski definition) is 5. The van der Waals surface area contributed by atoms with E-state index in [9.17, 15) is 18.3 Å². The molecule has 1 N–H and O–H groups in total. The minimum Gasteiger partial charge on any atom is -0.478 e. The molecule has 2 aromatic heterocycles. The van der Waals surface area contributed by atoms with Gasteiger partial charge in [0.2, 0.25) is 0 Å². The molecule has 29 heavy (non-hydrogen) atoms. The van der Waals surface area contributed by atoms with Crippen LogP contribution in [-0.4, -0.2) is 46.4 Å². The lowest BCUT2D eigenvalue weighted by Gasteiger charge is -2.13. The average molecular weight is 430 g/mol. The van der Waals surface area contributed by atoms with Crippen molar-refractivity contribution in [3.8, 4) is 5.69 Å². The fourth-order valence-electron chi connectivity index (χ4n) is 3.22. The minimum atomic E-state index is -3.56. The van der Waals surface area contributed by atoms with E-state index < -0.39 is 16.0 Å². The topological polar surface area (TPSA) is 92.5 Å². The summed E-state index contributed by atoms with van der Waals surface area (Å²) in [6.45, 7) is 1.03. The first kappa shape index (κ1) is 19.6. The number of hydrogen-bond donors (Lipinski definition) is 1. The Bertz CT molecular complexity index is 1140. The second-order valence-electron chi connectivity index (χ2n) is 6.65. The number of aliphatic carboxylic acids is 1. The van der Waals surface area contributed by atoms with Crippen LogP contribution in [0.5, 0.6) is 0 Å². The van der Waals surface area contributed by atoms with Crippen molar-refractivity contribution in [3.63, 3.8) is 0 Å². The third kappa shape index (κ3) is 4.02. The van der Waals surface area contributed by atoms with Gasteiger partial charge < -0.3 is 9.67 Å². The molecule has 0 unspecified atom stereocenters. The zero-order chi connectivity index (χ0) is 20.4. The van der Waals surface area contributed by atoms with Crippen LogP contribution in [0.3, 0.4) is 0 Å². The highest BCUT2D eigenvalue weighted by Gasteiger charge is 2.29. The molecule has 0 spiro atoms. The van der Waals surface area contributed by atoms with Gasteiger partial charge in [-0.2, -0.15) is 4.31 Å². The Morgan fingerprint density at radius 1 is 1.10 bits per heavy atom. The Labute approximate surface area is 172 Å². The molecule has 0 bridgehead atoms. The maximum atomic E-state index is 12.7. The molecule has 150 valence electrons. The third-order valence-electron chi connectivity index (χ3n) is 4.74. The maximum Gasteiger partial charge on any atom is 0.337 e. The zero-order valence-electron chi connectivity index (χ0n) is 15.4. The van der Waals surface area contributed by atoms with Gasteiger partial charge in [-0.1, -0.05) is 12.1 Å². The number of carboxylic acid groups (broad SMARTS) is 1. The van der Waals surface area contributed by atoms with Crippen molar-refractivity contribution >= 4 is 39.0 Å². The number of aromatic nitrogens is 2. The standard InChI is InChI=1S/C20H19N3O4S2/c24-20(25)17(13-15-3-5-16(6-4-15)22-12-9-21-14-22)18-7-8-19(28-18)29(26,27)23-10-1-2-11-23/h3-9,12-14H,1-2,10-11H2,(H,24,25)/b17-13+. The molecule has 4 rings (SSSR count). The molecule has 0 radical (unpaired) electrons. The second kappa shape index (κ2) is 7.94. The van der Waals surface area contributed by atoms with Gasteiger partial charge in [0.25, 0.3) is 10.0 Å². The van der Waals surface area contributed by atoms with Crippen LogP contribution in [0.1, 0.15) is 23.3 Å². The fourth-order valence-corrected chi connectivity index (χ4v) is 6.20. The molecular weight excluding hydrogens is 410 g/mol. The van der Waals surface area contributed by atoms with Crippen molar-refractivity contribution in [3.05, 3.63) is 65.6 Å². The van der Waals surface area contributed by atoms with E-state index in [1.807, 2.05) is 35.0 Å². The summed E-state index contributed by atoms with van der Waals surface area (Å²) in [6, 6.07) is 10.4. The molecule has 1 aliphatic heterocycles. The summed E-state index contributed by atoms with van der Waals surface area (Å²) in [5.74, 6) is -1.10. The summed E-state index contributed by atoms with van der Waals surface area (Å²) in [7, 11) is -3.56.